The molecule has 0 saturated carbocycles. The Labute approximate surface area is 70.1 Å². The third-order valence-corrected chi connectivity index (χ3v) is 1.98. The van der Waals surface area contributed by atoms with Crippen LogP contribution in [-0.4, -0.2) is 6.61 Å². The van der Waals surface area contributed by atoms with Gasteiger partial charge >= 0.3 is 0 Å². The Bertz CT molecular complexity index is 312. The van der Waals surface area contributed by atoms with E-state index in [4.69, 9.17) is 10.5 Å². The van der Waals surface area contributed by atoms with E-state index in [-0.39, 0.29) is 5.82 Å². The third-order valence-electron chi connectivity index (χ3n) is 1.98. The van der Waals surface area contributed by atoms with Crippen molar-refractivity contribution >= 4 is 5.69 Å². The van der Waals surface area contributed by atoms with Gasteiger partial charge in [0.15, 0.2) is 11.6 Å². The molecule has 0 radical (unpaired) electrons. The highest BCUT2D eigenvalue weighted by molar-refractivity contribution is 5.49. The lowest BCUT2D eigenvalue weighted by Crippen LogP contribution is -2.10. The summed E-state index contributed by atoms with van der Waals surface area (Å²) >= 11 is 0. The highest BCUT2D eigenvalue weighted by Gasteiger charge is 2.15. The minimum atomic E-state index is -0.343. The summed E-state index contributed by atoms with van der Waals surface area (Å²) in [5, 5.41) is 0. The maximum absolute atomic E-state index is 13.1. The maximum Gasteiger partial charge on any atom is 0.167 e. The van der Waals surface area contributed by atoms with E-state index < -0.39 is 0 Å². The van der Waals surface area contributed by atoms with Gasteiger partial charge in [0.05, 0.1) is 6.61 Å². The van der Waals surface area contributed by atoms with Crippen molar-refractivity contribution < 1.29 is 9.13 Å². The highest BCUT2D eigenvalue weighted by Crippen LogP contribution is 2.29. The molecule has 1 heterocycles. The number of hydrogen-bond donors (Lipinski definition) is 1. The number of rotatable bonds is 0. The summed E-state index contributed by atoms with van der Waals surface area (Å²) in [5.41, 5.74) is 6.84. The second-order valence-corrected chi connectivity index (χ2v) is 2.94. The monoisotopic (exact) mass is 167 g/mol. The molecule has 0 saturated heterocycles. The number of hydrogen-bond acceptors (Lipinski definition) is 2. The van der Waals surface area contributed by atoms with Crippen molar-refractivity contribution in [1.29, 1.82) is 0 Å². The number of anilines is 1. The Kier molecular flexibility index (Phi) is 1.64. The van der Waals surface area contributed by atoms with Gasteiger partial charge in [-0.15, -0.1) is 0 Å². The van der Waals surface area contributed by atoms with Gasteiger partial charge in [0.1, 0.15) is 0 Å². The molecular weight excluding hydrogens is 157 g/mol. The predicted octanol–water partition coefficient (Wildman–Crippen LogP) is 1.73. The van der Waals surface area contributed by atoms with Gasteiger partial charge in [0.25, 0.3) is 0 Å². The normalized spacial score (nSPS) is 15.1. The zero-order valence-electron chi connectivity index (χ0n) is 6.64. The first kappa shape index (κ1) is 7.40. The zero-order valence-corrected chi connectivity index (χ0v) is 6.64. The van der Waals surface area contributed by atoms with Gasteiger partial charge in [-0.3, -0.25) is 0 Å². The van der Waals surface area contributed by atoms with Crippen molar-refractivity contribution in [3.05, 3.63) is 23.5 Å². The first-order chi connectivity index (χ1) is 5.77. The summed E-state index contributed by atoms with van der Waals surface area (Å²) in [7, 11) is 0. The fourth-order valence-electron chi connectivity index (χ4n) is 1.46. The number of aryl methyl sites for hydroxylation is 1. The molecule has 1 aromatic rings. The van der Waals surface area contributed by atoms with E-state index in [1.54, 1.807) is 6.07 Å². The summed E-state index contributed by atoms with van der Waals surface area (Å²) < 4.78 is 18.3. The fourth-order valence-corrected chi connectivity index (χ4v) is 1.46. The van der Waals surface area contributed by atoms with Crippen LogP contribution in [-0.2, 0) is 6.42 Å². The second-order valence-electron chi connectivity index (χ2n) is 2.94. The first-order valence-corrected chi connectivity index (χ1v) is 3.98. The summed E-state index contributed by atoms with van der Waals surface area (Å²) in [6, 6.07) is 3.07. The summed E-state index contributed by atoms with van der Waals surface area (Å²) in [6.07, 6.45) is 1.80. The van der Waals surface area contributed by atoms with Gasteiger partial charge < -0.3 is 10.5 Å². The second kappa shape index (κ2) is 2.66. The quantitative estimate of drug-likeness (QED) is 0.597. The minimum absolute atomic E-state index is 0.343. The SMILES string of the molecule is Nc1cc(F)c2c(c1)CCCO2. The van der Waals surface area contributed by atoms with E-state index >= 15 is 0 Å². The van der Waals surface area contributed by atoms with Crippen molar-refractivity contribution in [2.24, 2.45) is 0 Å². The van der Waals surface area contributed by atoms with E-state index in [2.05, 4.69) is 0 Å². The van der Waals surface area contributed by atoms with Crippen molar-refractivity contribution in [1.82, 2.24) is 0 Å². The third kappa shape index (κ3) is 1.11. The molecule has 0 amide bonds. The molecule has 0 aliphatic carbocycles. The van der Waals surface area contributed by atoms with Gasteiger partial charge in [-0.25, -0.2) is 4.39 Å². The molecule has 0 spiro atoms. The van der Waals surface area contributed by atoms with Crippen molar-refractivity contribution in [2.75, 3.05) is 12.3 Å². The van der Waals surface area contributed by atoms with E-state index in [1.807, 2.05) is 0 Å². The van der Waals surface area contributed by atoms with Crippen LogP contribution in [0.1, 0.15) is 12.0 Å². The molecule has 1 aliphatic heterocycles. The molecule has 3 heteroatoms. The average Bonchev–Trinajstić information content (AvgIpc) is 2.04. The molecule has 1 aromatic carbocycles. The number of nitrogens with two attached hydrogens (primary N) is 1. The Morgan fingerprint density at radius 3 is 3.08 bits per heavy atom. The Morgan fingerprint density at radius 2 is 2.25 bits per heavy atom. The molecule has 0 fully saturated rings. The van der Waals surface area contributed by atoms with Gasteiger partial charge in [-0.1, -0.05) is 0 Å². The van der Waals surface area contributed by atoms with Crippen LogP contribution in [0.5, 0.6) is 5.75 Å². The Balaban J connectivity index is 2.53. The van der Waals surface area contributed by atoms with Gasteiger partial charge in [0.2, 0.25) is 0 Å². The van der Waals surface area contributed by atoms with Crippen molar-refractivity contribution in [3.8, 4) is 5.75 Å². The number of fused-ring (bicyclic) bond motifs is 1. The van der Waals surface area contributed by atoms with Crippen LogP contribution in [0.2, 0.25) is 0 Å². The van der Waals surface area contributed by atoms with Crippen molar-refractivity contribution in [3.63, 3.8) is 0 Å². The van der Waals surface area contributed by atoms with E-state index in [9.17, 15) is 4.39 Å². The lowest BCUT2D eigenvalue weighted by atomic mass is 10.1. The Hall–Kier alpha value is -1.25. The lowest BCUT2D eigenvalue weighted by Gasteiger charge is -2.17. The van der Waals surface area contributed by atoms with Gasteiger partial charge in [0, 0.05) is 11.8 Å². The van der Waals surface area contributed by atoms with Crippen LogP contribution in [0.4, 0.5) is 10.1 Å². The standard InChI is InChI=1S/C9H10FNO/c10-8-5-7(11)4-6-2-1-3-12-9(6)8/h4-5H,1-3,11H2. The van der Waals surface area contributed by atoms with Crippen molar-refractivity contribution in [2.45, 2.75) is 12.8 Å². The number of ether oxygens (including phenoxy) is 1. The zero-order chi connectivity index (χ0) is 8.55. The van der Waals surface area contributed by atoms with Crippen LogP contribution < -0.4 is 10.5 Å². The summed E-state index contributed by atoms with van der Waals surface area (Å²) in [6.45, 7) is 0.605. The number of benzene rings is 1. The molecule has 0 unspecified atom stereocenters. The minimum Gasteiger partial charge on any atom is -0.490 e. The molecule has 0 atom stereocenters. The first-order valence-electron chi connectivity index (χ1n) is 3.98. The summed E-state index contributed by atoms with van der Waals surface area (Å²) in [4.78, 5) is 0. The topological polar surface area (TPSA) is 35.2 Å². The largest absolute Gasteiger partial charge is 0.490 e. The van der Waals surface area contributed by atoms with Crippen LogP contribution in [0, 0.1) is 5.82 Å². The lowest BCUT2D eigenvalue weighted by molar-refractivity contribution is 0.273. The predicted molar refractivity (Wildman–Crippen MR) is 44.6 cm³/mol. The Morgan fingerprint density at radius 1 is 1.42 bits per heavy atom. The fraction of sp³-hybridized carbons (Fsp3) is 0.333. The van der Waals surface area contributed by atoms with E-state index in [0.29, 0.717) is 18.0 Å². The molecule has 12 heavy (non-hydrogen) atoms. The number of nitrogen functional groups attached to an aromatic ring is 1. The van der Waals surface area contributed by atoms with Crippen LogP contribution in [0.25, 0.3) is 0 Å². The molecule has 0 bridgehead atoms. The van der Waals surface area contributed by atoms with E-state index in [1.165, 1.54) is 6.07 Å². The maximum atomic E-state index is 13.1. The highest BCUT2D eigenvalue weighted by atomic mass is 19.1. The smallest absolute Gasteiger partial charge is 0.167 e. The van der Waals surface area contributed by atoms with Crippen LogP contribution in [0.15, 0.2) is 12.1 Å². The van der Waals surface area contributed by atoms with Crippen LogP contribution in [0.3, 0.4) is 0 Å². The molecule has 2 nitrogen and oxygen atoms in total. The molecule has 1 aliphatic rings. The summed E-state index contributed by atoms with van der Waals surface area (Å²) in [5.74, 6) is 0.0418. The van der Waals surface area contributed by atoms with E-state index in [0.717, 1.165) is 18.4 Å². The van der Waals surface area contributed by atoms with Gasteiger partial charge in [-0.05, 0) is 24.5 Å². The van der Waals surface area contributed by atoms with Gasteiger partial charge in [-0.2, -0.15) is 0 Å². The molecular formula is C9H10FNO. The molecule has 64 valence electrons. The molecule has 0 aromatic heterocycles. The molecule has 2 N–H and O–H groups in total. The molecule has 2 rings (SSSR count). The average molecular weight is 167 g/mol. The number of halogens is 1. The van der Waals surface area contributed by atoms with Crippen LogP contribution >= 0.6 is 0 Å².